The largest absolute Gasteiger partial charge is 0.456 e. The predicted molar refractivity (Wildman–Crippen MR) is 161 cm³/mol. The van der Waals surface area contributed by atoms with E-state index in [1.54, 1.807) is 39.4 Å². The Kier molecular flexibility index (Phi) is 6.77. The highest BCUT2D eigenvalue weighted by Gasteiger charge is 2.27. The number of H-pyrrole nitrogens is 1. The highest BCUT2D eigenvalue weighted by molar-refractivity contribution is 5.95. The number of imidazole rings is 1. The van der Waals surface area contributed by atoms with E-state index in [0.717, 1.165) is 5.56 Å². The van der Waals surface area contributed by atoms with Gasteiger partial charge in [0.15, 0.2) is 5.76 Å². The van der Waals surface area contributed by atoms with E-state index in [4.69, 9.17) is 9.15 Å². The smallest absolute Gasteiger partial charge is 0.261 e. The summed E-state index contributed by atoms with van der Waals surface area (Å²) in [4.78, 5) is 21.0. The van der Waals surface area contributed by atoms with Gasteiger partial charge in [-0.25, -0.2) is 13.8 Å². The van der Waals surface area contributed by atoms with Crippen LogP contribution >= 0.6 is 0 Å². The Morgan fingerprint density at radius 2 is 1.70 bits per heavy atom. The van der Waals surface area contributed by atoms with E-state index in [9.17, 15) is 14.3 Å². The minimum atomic E-state index is -1.53. The number of nitrogens with zero attached hydrogens (tertiary/aromatic N) is 2. The molecule has 0 saturated carbocycles. The lowest BCUT2D eigenvalue weighted by atomic mass is 9.93. The van der Waals surface area contributed by atoms with Gasteiger partial charge in [0.1, 0.15) is 40.2 Å². The highest BCUT2D eigenvalue weighted by atomic mass is 19.1. The van der Waals surface area contributed by atoms with Crippen LogP contribution in [0, 0.1) is 25.5 Å². The zero-order valence-corrected chi connectivity index (χ0v) is 24.3. The van der Waals surface area contributed by atoms with Crippen molar-refractivity contribution in [3.8, 4) is 45.5 Å². The third-order valence-corrected chi connectivity index (χ3v) is 7.39. The van der Waals surface area contributed by atoms with Gasteiger partial charge in [-0.15, -0.1) is 0 Å². The number of halogens is 2. The molecule has 2 N–H and O–H groups in total. The lowest BCUT2D eigenvalue weighted by Gasteiger charge is -2.22. The normalized spacial score (nSPS) is 11.8. The number of aliphatic hydroxyl groups is 1. The number of aromatic nitrogens is 3. The van der Waals surface area contributed by atoms with Crippen LogP contribution in [-0.2, 0) is 12.6 Å². The summed E-state index contributed by atoms with van der Waals surface area (Å²) in [6.45, 7) is 6.36. The summed E-state index contributed by atoms with van der Waals surface area (Å²) in [6, 6.07) is 16.6. The number of pyridine rings is 1. The van der Waals surface area contributed by atoms with Crippen LogP contribution in [0.4, 0.5) is 8.78 Å². The van der Waals surface area contributed by atoms with Crippen molar-refractivity contribution in [3.63, 3.8) is 0 Å². The molecular weight excluding hydrogens is 552 g/mol. The predicted octanol–water partition coefficient (Wildman–Crippen LogP) is 7.77. The van der Waals surface area contributed by atoms with Gasteiger partial charge in [0, 0.05) is 41.6 Å². The first-order chi connectivity index (χ1) is 20.4. The first-order valence-electron chi connectivity index (χ1n) is 13.7. The standard InChI is InChI=1S/C34H29F2N3O4/c1-18-11-21(35)12-19(2)30(18)42-28-15-26(36)25(34(3,4)41)13-22(28)24-17-39(5)33(40)23-14-29(43-31(23)24)27-16-37-32(38-27)20-9-7-6-8-10-20/h6-17,41H,1-5H3,(H,37,38). The van der Waals surface area contributed by atoms with Crippen molar-refractivity contribution in [3.05, 3.63) is 112 Å². The molecule has 218 valence electrons. The Hall–Kier alpha value is -5.02. The van der Waals surface area contributed by atoms with Crippen LogP contribution in [0.5, 0.6) is 11.5 Å². The second kappa shape index (κ2) is 10.4. The van der Waals surface area contributed by atoms with Gasteiger partial charge in [-0.2, -0.15) is 0 Å². The number of furan rings is 1. The number of benzene rings is 3. The summed E-state index contributed by atoms with van der Waals surface area (Å²) < 4.78 is 43.5. The molecule has 0 aliphatic heterocycles. The van der Waals surface area contributed by atoms with E-state index < -0.39 is 17.2 Å². The molecule has 0 radical (unpaired) electrons. The molecule has 0 bridgehead atoms. The third-order valence-electron chi connectivity index (χ3n) is 7.39. The van der Waals surface area contributed by atoms with E-state index in [-0.39, 0.29) is 22.5 Å². The van der Waals surface area contributed by atoms with Crippen LogP contribution in [0.15, 0.2) is 82.3 Å². The molecule has 0 spiro atoms. The second-order valence-electron chi connectivity index (χ2n) is 11.2. The molecule has 3 heterocycles. The maximum absolute atomic E-state index is 15.4. The molecule has 6 aromatic rings. The van der Waals surface area contributed by atoms with Crippen LogP contribution in [0.3, 0.4) is 0 Å². The van der Waals surface area contributed by atoms with Gasteiger partial charge >= 0.3 is 0 Å². The number of aryl methyl sites for hydroxylation is 3. The van der Waals surface area contributed by atoms with Crippen molar-refractivity contribution in [2.45, 2.75) is 33.3 Å². The van der Waals surface area contributed by atoms with Crippen molar-refractivity contribution in [2.75, 3.05) is 0 Å². The van der Waals surface area contributed by atoms with Crippen LogP contribution in [0.25, 0.3) is 44.9 Å². The molecule has 0 aliphatic carbocycles. The maximum atomic E-state index is 15.4. The topological polar surface area (TPSA) is 93.3 Å². The zero-order valence-electron chi connectivity index (χ0n) is 24.3. The summed E-state index contributed by atoms with van der Waals surface area (Å²) in [5.41, 5.74) is 1.75. The summed E-state index contributed by atoms with van der Waals surface area (Å²) in [5, 5.41) is 11.1. The Morgan fingerprint density at radius 3 is 2.37 bits per heavy atom. The first kappa shape index (κ1) is 28.1. The van der Waals surface area contributed by atoms with Gasteiger partial charge < -0.3 is 23.8 Å². The Morgan fingerprint density at radius 1 is 1.00 bits per heavy atom. The number of fused-ring (bicyclic) bond motifs is 1. The number of aromatic amines is 1. The van der Waals surface area contributed by atoms with Gasteiger partial charge in [-0.1, -0.05) is 30.3 Å². The number of ether oxygens (including phenoxy) is 1. The van der Waals surface area contributed by atoms with Crippen LogP contribution in [-0.4, -0.2) is 19.6 Å². The molecule has 0 fully saturated rings. The van der Waals surface area contributed by atoms with Crippen LogP contribution < -0.4 is 10.3 Å². The van der Waals surface area contributed by atoms with Crippen LogP contribution in [0.2, 0.25) is 0 Å². The molecule has 3 aromatic heterocycles. The zero-order chi connectivity index (χ0) is 30.6. The fraction of sp³-hybridized carbons (Fsp3) is 0.176. The summed E-state index contributed by atoms with van der Waals surface area (Å²) >= 11 is 0. The molecule has 0 atom stereocenters. The Bertz CT molecular complexity index is 2050. The number of nitrogens with one attached hydrogen (secondary N) is 1. The van der Waals surface area contributed by atoms with Crippen molar-refractivity contribution >= 4 is 11.0 Å². The fourth-order valence-corrected chi connectivity index (χ4v) is 5.25. The van der Waals surface area contributed by atoms with Crippen molar-refractivity contribution in [1.82, 2.24) is 14.5 Å². The minimum Gasteiger partial charge on any atom is -0.456 e. The average Bonchev–Trinajstić information content (AvgIpc) is 3.61. The van der Waals surface area contributed by atoms with E-state index in [0.29, 0.717) is 50.7 Å². The Labute approximate surface area is 246 Å². The molecule has 7 nitrogen and oxygen atoms in total. The summed E-state index contributed by atoms with van der Waals surface area (Å²) in [5.74, 6) is 0.392. The first-order valence-corrected chi connectivity index (χ1v) is 13.7. The lowest BCUT2D eigenvalue weighted by Crippen LogP contribution is -2.18. The lowest BCUT2D eigenvalue weighted by molar-refractivity contribution is 0.0745. The van der Waals surface area contributed by atoms with Crippen molar-refractivity contribution in [1.29, 1.82) is 0 Å². The van der Waals surface area contributed by atoms with Gasteiger partial charge in [0.2, 0.25) is 0 Å². The minimum absolute atomic E-state index is 0.0252. The molecule has 0 aliphatic rings. The van der Waals surface area contributed by atoms with E-state index in [2.05, 4.69) is 9.97 Å². The third kappa shape index (κ3) is 5.12. The monoisotopic (exact) mass is 581 g/mol. The second-order valence-corrected chi connectivity index (χ2v) is 11.2. The summed E-state index contributed by atoms with van der Waals surface area (Å²) in [7, 11) is 1.61. The molecular formula is C34H29F2N3O4. The molecule has 6 rings (SSSR count). The van der Waals surface area contributed by atoms with E-state index in [1.165, 1.54) is 42.7 Å². The number of hydrogen-bond acceptors (Lipinski definition) is 5. The van der Waals surface area contributed by atoms with E-state index >= 15 is 4.39 Å². The van der Waals surface area contributed by atoms with E-state index in [1.807, 2.05) is 30.3 Å². The van der Waals surface area contributed by atoms with Gasteiger partial charge in [0.05, 0.1) is 17.2 Å². The SMILES string of the molecule is Cc1cc(F)cc(C)c1Oc1cc(F)c(C(C)(C)O)cc1-c1cn(C)c(=O)c2cc(-c3cnc(-c4ccccc4)[nH]3)oc12. The number of rotatable bonds is 6. The summed E-state index contributed by atoms with van der Waals surface area (Å²) in [6.07, 6.45) is 3.21. The molecule has 43 heavy (non-hydrogen) atoms. The fourth-order valence-electron chi connectivity index (χ4n) is 5.25. The quantitative estimate of drug-likeness (QED) is 0.210. The molecule has 3 aromatic carbocycles. The van der Waals surface area contributed by atoms with Gasteiger partial charge in [-0.05, 0) is 63.1 Å². The molecule has 0 amide bonds. The maximum Gasteiger partial charge on any atom is 0.261 e. The average molecular weight is 582 g/mol. The Balaban J connectivity index is 1.57. The van der Waals surface area contributed by atoms with Gasteiger partial charge in [-0.3, -0.25) is 4.79 Å². The van der Waals surface area contributed by atoms with Crippen LogP contribution in [0.1, 0.15) is 30.5 Å². The molecule has 0 unspecified atom stereocenters. The van der Waals surface area contributed by atoms with Crippen molar-refractivity contribution < 1.29 is 23.0 Å². The van der Waals surface area contributed by atoms with Gasteiger partial charge in [0.25, 0.3) is 5.56 Å². The van der Waals surface area contributed by atoms with Crippen molar-refractivity contribution in [2.24, 2.45) is 7.05 Å². The number of hydrogen-bond donors (Lipinski definition) is 2. The molecule has 9 heteroatoms. The highest BCUT2D eigenvalue weighted by Crippen LogP contribution is 2.43. The molecule has 0 saturated heterocycles.